The van der Waals surface area contributed by atoms with Crippen molar-refractivity contribution < 1.29 is 0 Å². The van der Waals surface area contributed by atoms with Crippen LogP contribution in [0.5, 0.6) is 0 Å². The average Bonchev–Trinajstić information content (AvgIpc) is 2.42. The normalized spacial score (nSPS) is 11.8. The second-order valence-electron chi connectivity index (χ2n) is 4.90. The zero-order valence-corrected chi connectivity index (χ0v) is 12.8. The molecule has 1 aromatic heterocycles. The maximum absolute atomic E-state index is 5.34. The average molecular weight is 285 g/mol. The fourth-order valence-corrected chi connectivity index (χ4v) is 2.17. The number of rotatable bonds is 3. The Morgan fingerprint density at radius 3 is 2.50 bits per heavy atom. The Morgan fingerprint density at radius 1 is 1.15 bits per heavy atom. The summed E-state index contributed by atoms with van der Waals surface area (Å²) in [7, 11) is 0. The summed E-state index contributed by atoms with van der Waals surface area (Å²) in [4.78, 5) is 4.27. The summed E-state index contributed by atoms with van der Waals surface area (Å²) in [5.74, 6) is 0.793. The van der Waals surface area contributed by atoms with Gasteiger partial charge in [0.25, 0.3) is 0 Å². The molecule has 0 radical (unpaired) electrons. The highest BCUT2D eigenvalue weighted by Gasteiger charge is 2.08. The first kappa shape index (κ1) is 14.5. The third-order valence-corrected chi connectivity index (χ3v) is 3.39. The Kier molecular flexibility index (Phi) is 4.69. The number of anilines is 1. The van der Waals surface area contributed by atoms with E-state index in [0.717, 1.165) is 11.4 Å². The molecule has 0 fully saturated rings. The van der Waals surface area contributed by atoms with Crippen molar-refractivity contribution in [2.45, 2.75) is 26.8 Å². The Balaban J connectivity index is 1.98. The van der Waals surface area contributed by atoms with E-state index in [9.17, 15) is 0 Å². The van der Waals surface area contributed by atoms with E-state index in [2.05, 4.69) is 53.7 Å². The van der Waals surface area contributed by atoms with Crippen LogP contribution >= 0.6 is 12.2 Å². The summed E-state index contributed by atoms with van der Waals surface area (Å²) in [6.45, 7) is 6.17. The molecular weight excluding hydrogens is 266 g/mol. The number of hydrogen-bond acceptors (Lipinski definition) is 2. The van der Waals surface area contributed by atoms with Crippen molar-refractivity contribution in [2.75, 3.05) is 5.32 Å². The predicted octanol–water partition coefficient (Wildman–Crippen LogP) is 3.75. The number of pyridine rings is 1. The molecule has 1 unspecified atom stereocenters. The van der Waals surface area contributed by atoms with Crippen LogP contribution in [0.25, 0.3) is 0 Å². The fourth-order valence-electron chi connectivity index (χ4n) is 1.90. The van der Waals surface area contributed by atoms with E-state index in [0.29, 0.717) is 5.11 Å². The molecule has 2 rings (SSSR count). The molecule has 2 aromatic rings. The Morgan fingerprint density at radius 2 is 1.85 bits per heavy atom. The smallest absolute Gasteiger partial charge is 0.172 e. The highest BCUT2D eigenvalue weighted by molar-refractivity contribution is 7.80. The standard InChI is InChI=1S/C16H19N3S/c1-11-6-8-14(9-7-11)13(3)18-16(20)19-15-12(2)5-4-10-17-15/h4-10,13H,1-3H3,(H2,17,18,19,20). The number of nitrogens with one attached hydrogen (secondary N) is 2. The number of nitrogens with zero attached hydrogens (tertiary/aromatic N) is 1. The van der Waals surface area contributed by atoms with Crippen molar-refractivity contribution in [2.24, 2.45) is 0 Å². The molecule has 20 heavy (non-hydrogen) atoms. The van der Waals surface area contributed by atoms with Gasteiger partial charge in [0, 0.05) is 6.20 Å². The first-order valence-corrected chi connectivity index (χ1v) is 7.03. The summed E-state index contributed by atoms with van der Waals surface area (Å²) < 4.78 is 0. The molecule has 4 heteroatoms. The third kappa shape index (κ3) is 3.78. The van der Waals surface area contributed by atoms with Gasteiger partial charge < -0.3 is 10.6 Å². The quantitative estimate of drug-likeness (QED) is 0.842. The van der Waals surface area contributed by atoms with E-state index in [-0.39, 0.29) is 6.04 Å². The predicted molar refractivity (Wildman–Crippen MR) is 87.9 cm³/mol. The van der Waals surface area contributed by atoms with Gasteiger partial charge in [-0.2, -0.15) is 0 Å². The van der Waals surface area contributed by atoms with Crippen LogP contribution in [0.4, 0.5) is 5.82 Å². The van der Waals surface area contributed by atoms with Gasteiger partial charge in [-0.1, -0.05) is 35.9 Å². The fraction of sp³-hybridized carbons (Fsp3) is 0.250. The molecule has 0 aliphatic carbocycles. The molecule has 0 spiro atoms. The number of aryl methyl sites for hydroxylation is 2. The molecule has 1 aromatic carbocycles. The lowest BCUT2D eigenvalue weighted by Gasteiger charge is -2.17. The highest BCUT2D eigenvalue weighted by Crippen LogP contribution is 2.14. The zero-order valence-electron chi connectivity index (χ0n) is 12.0. The summed E-state index contributed by atoms with van der Waals surface area (Å²) in [5.41, 5.74) is 3.53. The van der Waals surface area contributed by atoms with Crippen molar-refractivity contribution in [1.82, 2.24) is 10.3 Å². The van der Waals surface area contributed by atoms with E-state index >= 15 is 0 Å². The van der Waals surface area contributed by atoms with Crippen molar-refractivity contribution in [3.63, 3.8) is 0 Å². The van der Waals surface area contributed by atoms with Gasteiger partial charge in [0.1, 0.15) is 5.82 Å². The lowest BCUT2D eigenvalue weighted by Crippen LogP contribution is -2.31. The molecule has 1 heterocycles. The maximum Gasteiger partial charge on any atom is 0.172 e. The first-order valence-electron chi connectivity index (χ1n) is 6.62. The second kappa shape index (κ2) is 6.48. The highest BCUT2D eigenvalue weighted by atomic mass is 32.1. The van der Waals surface area contributed by atoms with Gasteiger partial charge >= 0.3 is 0 Å². The molecule has 3 nitrogen and oxygen atoms in total. The number of aromatic nitrogens is 1. The van der Waals surface area contributed by atoms with Gasteiger partial charge in [-0.3, -0.25) is 0 Å². The second-order valence-corrected chi connectivity index (χ2v) is 5.31. The summed E-state index contributed by atoms with van der Waals surface area (Å²) in [5, 5.41) is 6.99. The first-order chi connectivity index (χ1) is 9.56. The van der Waals surface area contributed by atoms with Crippen LogP contribution in [0.15, 0.2) is 42.6 Å². The minimum absolute atomic E-state index is 0.152. The summed E-state index contributed by atoms with van der Waals surface area (Å²) in [6, 6.07) is 12.5. The SMILES string of the molecule is Cc1ccc(C(C)NC(=S)Nc2ncccc2C)cc1. The van der Waals surface area contributed by atoms with Gasteiger partial charge in [0.2, 0.25) is 0 Å². The van der Waals surface area contributed by atoms with Crippen LogP contribution in [-0.4, -0.2) is 10.1 Å². The number of thiocarbonyl (C=S) groups is 1. The van der Waals surface area contributed by atoms with Crippen LogP contribution in [0, 0.1) is 13.8 Å². The molecule has 0 bridgehead atoms. The van der Waals surface area contributed by atoms with Crippen LogP contribution in [0.1, 0.15) is 29.7 Å². The lowest BCUT2D eigenvalue weighted by atomic mass is 10.1. The minimum Gasteiger partial charge on any atom is -0.356 e. The largest absolute Gasteiger partial charge is 0.356 e. The number of hydrogen-bond donors (Lipinski definition) is 2. The van der Waals surface area contributed by atoms with Crippen molar-refractivity contribution >= 4 is 23.1 Å². The van der Waals surface area contributed by atoms with Crippen molar-refractivity contribution in [3.05, 3.63) is 59.3 Å². The topological polar surface area (TPSA) is 37.0 Å². The summed E-state index contributed by atoms with van der Waals surface area (Å²) in [6.07, 6.45) is 1.75. The Bertz CT molecular complexity index is 593. The van der Waals surface area contributed by atoms with Crippen LogP contribution in [0.2, 0.25) is 0 Å². The van der Waals surface area contributed by atoms with Crippen LogP contribution in [0.3, 0.4) is 0 Å². The van der Waals surface area contributed by atoms with Gasteiger partial charge in [0.15, 0.2) is 5.11 Å². The van der Waals surface area contributed by atoms with Crippen molar-refractivity contribution in [3.8, 4) is 0 Å². The van der Waals surface area contributed by atoms with Gasteiger partial charge in [-0.05, 0) is 50.2 Å². The van der Waals surface area contributed by atoms with E-state index in [4.69, 9.17) is 12.2 Å². The van der Waals surface area contributed by atoms with E-state index in [1.54, 1.807) is 6.20 Å². The van der Waals surface area contributed by atoms with Crippen LogP contribution < -0.4 is 10.6 Å². The lowest BCUT2D eigenvalue weighted by molar-refractivity contribution is 0.722. The van der Waals surface area contributed by atoms with E-state index in [1.165, 1.54) is 11.1 Å². The van der Waals surface area contributed by atoms with E-state index < -0.39 is 0 Å². The van der Waals surface area contributed by atoms with Gasteiger partial charge in [0.05, 0.1) is 6.04 Å². The molecule has 0 amide bonds. The molecule has 0 aliphatic rings. The van der Waals surface area contributed by atoms with Gasteiger partial charge in [-0.15, -0.1) is 0 Å². The van der Waals surface area contributed by atoms with Crippen LogP contribution in [-0.2, 0) is 0 Å². The minimum atomic E-state index is 0.152. The van der Waals surface area contributed by atoms with E-state index in [1.807, 2.05) is 19.1 Å². The Labute approximate surface area is 125 Å². The van der Waals surface area contributed by atoms with Crippen molar-refractivity contribution in [1.29, 1.82) is 0 Å². The zero-order chi connectivity index (χ0) is 14.5. The molecule has 104 valence electrons. The molecule has 0 aliphatic heterocycles. The molecule has 0 saturated carbocycles. The third-order valence-electron chi connectivity index (χ3n) is 3.17. The Hall–Kier alpha value is -1.94. The molecular formula is C16H19N3S. The molecule has 0 saturated heterocycles. The summed E-state index contributed by atoms with van der Waals surface area (Å²) >= 11 is 5.34. The maximum atomic E-state index is 5.34. The number of benzene rings is 1. The molecule has 2 N–H and O–H groups in total. The van der Waals surface area contributed by atoms with Gasteiger partial charge in [-0.25, -0.2) is 4.98 Å². The monoisotopic (exact) mass is 285 g/mol. The molecule has 1 atom stereocenters.